The van der Waals surface area contributed by atoms with E-state index in [1.807, 2.05) is 6.07 Å². The van der Waals surface area contributed by atoms with Crippen LogP contribution in [0.5, 0.6) is 0 Å². The van der Waals surface area contributed by atoms with Gasteiger partial charge in [-0.15, -0.1) is 11.3 Å². The van der Waals surface area contributed by atoms with Crippen LogP contribution in [0.3, 0.4) is 0 Å². The summed E-state index contributed by atoms with van der Waals surface area (Å²) in [7, 11) is 0. The number of rotatable bonds is 3. The fourth-order valence-corrected chi connectivity index (χ4v) is 2.92. The summed E-state index contributed by atoms with van der Waals surface area (Å²) in [6, 6.07) is 11.7. The fraction of sp³-hybridized carbons (Fsp3) is 0.125. The molecule has 0 radical (unpaired) electrons. The van der Waals surface area contributed by atoms with Crippen molar-refractivity contribution in [1.82, 2.24) is 10.3 Å². The molecule has 3 nitrogen and oxygen atoms in total. The van der Waals surface area contributed by atoms with Gasteiger partial charge in [0.2, 0.25) is 0 Å². The topological polar surface area (TPSA) is 42.0 Å². The molecule has 2 aromatic heterocycles. The maximum atomic E-state index is 13.2. The Balaban J connectivity index is 1.92. The predicted octanol–water partition coefficient (Wildman–Crippen LogP) is 4.25. The maximum absolute atomic E-state index is 13.2. The molecule has 0 aliphatic carbocycles. The highest BCUT2D eigenvalue weighted by Crippen LogP contribution is 2.33. The highest BCUT2D eigenvalue weighted by atomic mass is 32.1. The molecule has 7 heteroatoms. The molecule has 3 aromatic rings. The lowest BCUT2D eigenvalue weighted by molar-refractivity contribution is -0.141. The van der Waals surface area contributed by atoms with Gasteiger partial charge in [0.15, 0.2) is 5.69 Å². The average molecular weight is 336 g/mol. The lowest BCUT2D eigenvalue weighted by Crippen LogP contribution is -2.26. The van der Waals surface area contributed by atoms with Gasteiger partial charge in [-0.2, -0.15) is 13.2 Å². The Morgan fingerprint density at radius 3 is 2.61 bits per heavy atom. The number of nitrogens with zero attached hydrogens (tertiary/aromatic N) is 1. The van der Waals surface area contributed by atoms with E-state index in [0.717, 1.165) is 5.56 Å². The summed E-state index contributed by atoms with van der Waals surface area (Å²) in [6.07, 6.45) is -4.68. The molecule has 0 saturated carbocycles. The first kappa shape index (κ1) is 15.5. The second-order valence-electron chi connectivity index (χ2n) is 4.85. The van der Waals surface area contributed by atoms with Crippen LogP contribution in [-0.2, 0) is 12.7 Å². The molecule has 23 heavy (non-hydrogen) atoms. The van der Waals surface area contributed by atoms with Crippen molar-refractivity contribution in [3.8, 4) is 0 Å². The second-order valence-corrected chi connectivity index (χ2v) is 5.80. The number of carbonyl (C=O) groups excluding carboxylic acids is 1. The Morgan fingerprint density at radius 1 is 1.17 bits per heavy atom. The molecule has 0 saturated heterocycles. The summed E-state index contributed by atoms with van der Waals surface area (Å²) in [5.74, 6) is -0.788. The Labute approximate surface area is 133 Å². The molecule has 0 aliphatic rings. The van der Waals surface area contributed by atoms with E-state index in [0.29, 0.717) is 4.70 Å². The molecule has 0 aliphatic heterocycles. The maximum Gasteiger partial charge on any atom is 0.434 e. The minimum absolute atomic E-state index is 0.152. The van der Waals surface area contributed by atoms with E-state index in [1.165, 1.54) is 23.5 Å². The zero-order valence-corrected chi connectivity index (χ0v) is 12.5. The van der Waals surface area contributed by atoms with Crippen LogP contribution < -0.4 is 5.32 Å². The summed E-state index contributed by atoms with van der Waals surface area (Å²) in [4.78, 5) is 15.8. The van der Waals surface area contributed by atoms with Crippen molar-refractivity contribution in [1.29, 1.82) is 0 Å². The molecule has 118 valence electrons. The van der Waals surface area contributed by atoms with Gasteiger partial charge >= 0.3 is 6.18 Å². The fourth-order valence-electron chi connectivity index (χ4n) is 2.16. The predicted molar refractivity (Wildman–Crippen MR) is 82.2 cm³/mol. The normalized spacial score (nSPS) is 11.6. The standard InChI is InChI=1S/C16H11F3N2OS/c17-16(18,19)14-11(8-13-12(21-14)6-7-23-13)15(22)20-9-10-4-2-1-3-5-10/h1-8H,9H2,(H,20,22). The van der Waals surface area contributed by atoms with E-state index < -0.39 is 23.3 Å². The van der Waals surface area contributed by atoms with Crippen molar-refractivity contribution < 1.29 is 18.0 Å². The summed E-state index contributed by atoms with van der Waals surface area (Å²) in [5.41, 5.74) is -0.571. The highest BCUT2D eigenvalue weighted by Gasteiger charge is 2.37. The third-order valence-corrected chi connectivity index (χ3v) is 4.10. The number of amides is 1. The molecule has 0 fully saturated rings. The molecule has 0 bridgehead atoms. The Bertz CT molecular complexity index is 843. The minimum atomic E-state index is -4.68. The van der Waals surface area contributed by atoms with E-state index in [9.17, 15) is 18.0 Å². The summed E-state index contributed by atoms with van der Waals surface area (Å²) in [5, 5.41) is 4.15. The smallest absolute Gasteiger partial charge is 0.348 e. The van der Waals surface area contributed by atoms with Crippen molar-refractivity contribution in [2.45, 2.75) is 12.7 Å². The molecular weight excluding hydrogens is 325 g/mol. The Kier molecular flexibility index (Phi) is 4.04. The number of carbonyl (C=O) groups is 1. The first-order chi connectivity index (χ1) is 10.9. The van der Waals surface area contributed by atoms with Crippen LogP contribution in [0.15, 0.2) is 47.8 Å². The Morgan fingerprint density at radius 2 is 1.91 bits per heavy atom. The van der Waals surface area contributed by atoms with Crippen LogP contribution in [0.4, 0.5) is 13.2 Å². The number of hydrogen-bond donors (Lipinski definition) is 1. The van der Waals surface area contributed by atoms with E-state index in [-0.39, 0.29) is 12.1 Å². The third kappa shape index (κ3) is 3.34. The van der Waals surface area contributed by atoms with Gasteiger partial charge in [0.25, 0.3) is 5.91 Å². The van der Waals surface area contributed by atoms with Crippen molar-refractivity contribution in [2.24, 2.45) is 0 Å². The molecular formula is C16H11F3N2OS. The highest BCUT2D eigenvalue weighted by molar-refractivity contribution is 7.17. The number of thiophene rings is 1. The van der Waals surface area contributed by atoms with Gasteiger partial charge in [0.05, 0.1) is 15.8 Å². The number of halogens is 3. The van der Waals surface area contributed by atoms with Crippen molar-refractivity contribution in [2.75, 3.05) is 0 Å². The van der Waals surface area contributed by atoms with Gasteiger partial charge in [0.1, 0.15) is 0 Å². The van der Waals surface area contributed by atoms with Crippen molar-refractivity contribution >= 4 is 27.5 Å². The average Bonchev–Trinajstić information content (AvgIpc) is 2.99. The molecule has 1 N–H and O–H groups in total. The van der Waals surface area contributed by atoms with Gasteiger partial charge in [0, 0.05) is 6.54 Å². The number of hydrogen-bond acceptors (Lipinski definition) is 3. The Hall–Kier alpha value is -2.41. The molecule has 2 heterocycles. The van der Waals surface area contributed by atoms with E-state index in [1.54, 1.807) is 29.6 Å². The van der Waals surface area contributed by atoms with Crippen LogP contribution in [0, 0.1) is 0 Å². The number of pyridine rings is 1. The molecule has 3 rings (SSSR count). The van der Waals surface area contributed by atoms with Gasteiger partial charge in [-0.1, -0.05) is 30.3 Å². The SMILES string of the molecule is O=C(NCc1ccccc1)c1cc2sccc2nc1C(F)(F)F. The number of alkyl halides is 3. The summed E-state index contributed by atoms with van der Waals surface area (Å²) >= 11 is 1.24. The second kappa shape index (κ2) is 6.00. The first-order valence-corrected chi connectivity index (χ1v) is 7.60. The number of fused-ring (bicyclic) bond motifs is 1. The van der Waals surface area contributed by atoms with Gasteiger partial charge in [-0.05, 0) is 23.1 Å². The lowest BCUT2D eigenvalue weighted by Gasteiger charge is -2.12. The van der Waals surface area contributed by atoms with Crippen LogP contribution in [0.1, 0.15) is 21.6 Å². The van der Waals surface area contributed by atoms with Crippen molar-refractivity contribution in [3.63, 3.8) is 0 Å². The lowest BCUT2D eigenvalue weighted by atomic mass is 10.1. The molecule has 0 spiro atoms. The van der Waals surface area contributed by atoms with E-state index >= 15 is 0 Å². The first-order valence-electron chi connectivity index (χ1n) is 6.73. The minimum Gasteiger partial charge on any atom is -0.348 e. The van der Waals surface area contributed by atoms with Crippen LogP contribution >= 0.6 is 11.3 Å². The zero-order valence-electron chi connectivity index (χ0n) is 11.7. The van der Waals surface area contributed by atoms with Gasteiger partial charge in [-0.25, -0.2) is 4.98 Å². The molecule has 0 atom stereocenters. The quantitative estimate of drug-likeness (QED) is 0.777. The molecule has 1 aromatic carbocycles. The van der Waals surface area contributed by atoms with E-state index in [4.69, 9.17) is 0 Å². The van der Waals surface area contributed by atoms with Gasteiger partial charge in [-0.3, -0.25) is 4.79 Å². The van der Waals surface area contributed by atoms with Crippen LogP contribution in [-0.4, -0.2) is 10.9 Å². The van der Waals surface area contributed by atoms with Crippen molar-refractivity contribution in [3.05, 3.63) is 64.7 Å². The zero-order chi connectivity index (χ0) is 16.4. The largest absolute Gasteiger partial charge is 0.434 e. The van der Waals surface area contributed by atoms with Crippen LogP contribution in [0.2, 0.25) is 0 Å². The monoisotopic (exact) mass is 336 g/mol. The summed E-state index contributed by atoms with van der Waals surface area (Å²) in [6.45, 7) is 0.152. The molecule has 1 amide bonds. The number of benzene rings is 1. The molecule has 0 unspecified atom stereocenters. The van der Waals surface area contributed by atoms with E-state index in [2.05, 4.69) is 10.3 Å². The van der Waals surface area contributed by atoms with Crippen LogP contribution in [0.25, 0.3) is 10.2 Å². The van der Waals surface area contributed by atoms with Gasteiger partial charge < -0.3 is 5.32 Å². The number of aromatic nitrogens is 1. The third-order valence-electron chi connectivity index (χ3n) is 3.25. The summed E-state index contributed by atoms with van der Waals surface area (Å²) < 4.78 is 40.0. The number of nitrogens with one attached hydrogen (secondary N) is 1.